The van der Waals surface area contributed by atoms with E-state index in [1.54, 1.807) is 0 Å². The normalized spacial score (nSPS) is 11.1. The Labute approximate surface area is 153 Å². The summed E-state index contributed by atoms with van der Waals surface area (Å²) in [6.45, 7) is 0. The number of ether oxygens (including phenoxy) is 1. The van der Waals surface area contributed by atoms with Crippen LogP contribution in [-0.2, 0) is 21.6 Å². The molecule has 3 rings (SSSR count). The molecule has 0 saturated heterocycles. The molecular formula is C22H19ClO2. The van der Waals surface area contributed by atoms with Crippen molar-refractivity contribution < 1.29 is 9.53 Å². The first-order chi connectivity index (χ1) is 12.2. The van der Waals surface area contributed by atoms with Crippen LogP contribution in [0.2, 0.25) is 0 Å². The number of hydrogen-bond donors (Lipinski definition) is 0. The molecule has 2 nitrogen and oxygen atoms in total. The van der Waals surface area contributed by atoms with Crippen LogP contribution in [-0.4, -0.2) is 11.8 Å². The summed E-state index contributed by atoms with van der Waals surface area (Å²) >= 11 is 5.76. The Morgan fingerprint density at radius 2 is 1.20 bits per heavy atom. The number of rotatable bonds is 6. The van der Waals surface area contributed by atoms with Crippen molar-refractivity contribution in [2.24, 2.45) is 0 Å². The Morgan fingerprint density at radius 3 is 1.64 bits per heavy atom. The minimum atomic E-state index is -0.921. The van der Waals surface area contributed by atoms with Crippen molar-refractivity contribution in [2.45, 2.75) is 12.0 Å². The first-order valence-electron chi connectivity index (χ1n) is 8.17. The van der Waals surface area contributed by atoms with E-state index in [0.29, 0.717) is 6.42 Å². The van der Waals surface area contributed by atoms with Gasteiger partial charge in [0.05, 0.1) is 0 Å². The van der Waals surface area contributed by atoms with Crippen LogP contribution in [0.1, 0.15) is 16.7 Å². The fourth-order valence-electron chi connectivity index (χ4n) is 3.04. The van der Waals surface area contributed by atoms with Crippen molar-refractivity contribution in [1.82, 2.24) is 0 Å². The molecule has 0 aromatic heterocycles. The fraction of sp³-hybridized carbons (Fsp3) is 0.136. The highest BCUT2D eigenvalue weighted by atomic mass is 35.5. The average molecular weight is 351 g/mol. The van der Waals surface area contributed by atoms with Crippen molar-refractivity contribution in [1.29, 1.82) is 0 Å². The van der Waals surface area contributed by atoms with Crippen LogP contribution < -0.4 is 0 Å². The van der Waals surface area contributed by atoms with Gasteiger partial charge in [0, 0.05) is 17.5 Å². The van der Waals surface area contributed by atoms with Gasteiger partial charge in [0.25, 0.3) is 0 Å². The summed E-state index contributed by atoms with van der Waals surface area (Å²) in [7, 11) is 0. The molecule has 0 aliphatic heterocycles. The van der Waals surface area contributed by atoms with Crippen molar-refractivity contribution in [3.63, 3.8) is 0 Å². The molecule has 0 radical (unpaired) electrons. The topological polar surface area (TPSA) is 26.3 Å². The molecular weight excluding hydrogens is 332 g/mol. The Bertz CT molecular complexity index is 762. The van der Waals surface area contributed by atoms with E-state index in [0.717, 1.165) is 16.7 Å². The Balaban J connectivity index is 2.17. The van der Waals surface area contributed by atoms with E-state index >= 15 is 0 Å². The Hall–Kier alpha value is -2.58. The van der Waals surface area contributed by atoms with Gasteiger partial charge in [0.1, 0.15) is 5.88 Å². The average Bonchev–Trinajstić information content (AvgIpc) is 2.69. The van der Waals surface area contributed by atoms with Gasteiger partial charge in [-0.1, -0.05) is 91.0 Å². The zero-order valence-electron chi connectivity index (χ0n) is 13.8. The third kappa shape index (κ3) is 3.92. The van der Waals surface area contributed by atoms with Crippen LogP contribution in [0.3, 0.4) is 0 Å². The van der Waals surface area contributed by atoms with Crippen molar-refractivity contribution >= 4 is 17.6 Å². The molecule has 0 spiro atoms. The Kier molecular flexibility index (Phi) is 5.52. The number of carbonyl (C=O) groups excluding carboxylic acids is 1. The quantitative estimate of drug-likeness (QED) is 0.464. The maximum Gasteiger partial charge on any atom is 0.322 e. The van der Waals surface area contributed by atoms with E-state index in [2.05, 4.69) is 0 Å². The molecule has 3 aromatic rings. The largest absolute Gasteiger partial charge is 0.448 e. The van der Waals surface area contributed by atoms with Crippen LogP contribution in [0, 0.1) is 0 Å². The third-order valence-electron chi connectivity index (χ3n) is 4.17. The summed E-state index contributed by atoms with van der Waals surface area (Å²) in [5, 5.41) is 0. The first-order valence-corrected chi connectivity index (χ1v) is 8.71. The number of hydrogen-bond acceptors (Lipinski definition) is 2. The number of benzene rings is 3. The molecule has 0 heterocycles. The van der Waals surface area contributed by atoms with Gasteiger partial charge in [0.15, 0.2) is 5.60 Å². The lowest BCUT2D eigenvalue weighted by molar-refractivity contribution is -0.153. The standard InChI is InChI=1S/C22H19ClO2/c23-17-21(24)25-22(19-12-6-2-7-13-19,20-14-8-3-9-15-20)16-18-10-4-1-5-11-18/h1-15H,16-17H2. The molecule has 0 aliphatic rings. The molecule has 0 atom stereocenters. The maximum absolute atomic E-state index is 12.2. The second-order valence-electron chi connectivity index (χ2n) is 5.83. The minimum Gasteiger partial charge on any atom is -0.448 e. The van der Waals surface area contributed by atoms with Crippen LogP contribution in [0.15, 0.2) is 91.0 Å². The van der Waals surface area contributed by atoms with E-state index in [4.69, 9.17) is 16.3 Å². The lowest BCUT2D eigenvalue weighted by Gasteiger charge is -2.35. The predicted octanol–water partition coefficient (Wildman–Crippen LogP) is 4.95. The highest BCUT2D eigenvalue weighted by Gasteiger charge is 2.38. The van der Waals surface area contributed by atoms with Crippen LogP contribution >= 0.6 is 11.6 Å². The molecule has 0 fully saturated rings. The van der Waals surface area contributed by atoms with E-state index in [1.165, 1.54) is 0 Å². The van der Waals surface area contributed by atoms with Crippen molar-refractivity contribution in [2.75, 3.05) is 5.88 Å². The van der Waals surface area contributed by atoms with Crippen molar-refractivity contribution in [3.8, 4) is 0 Å². The van der Waals surface area contributed by atoms with E-state index in [-0.39, 0.29) is 5.88 Å². The number of carbonyl (C=O) groups is 1. The summed E-state index contributed by atoms with van der Waals surface area (Å²) in [4.78, 5) is 12.2. The van der Waals surface area contributed by atoms with Gasteiger partial charge in [-0.3, -0.25) is 4.79 Å². The molecule has 0 amide bonds. The summed E-state index contributed by atoms with van der Waals surface area (Å²) in [6.07, 6.45) is 0.532. The summed E-state index contributed by atoms with van der Waals surface area (Å²) in [5.41, 5.74) is 2.00. The SMILES string of the molecule is O=C(CCl)OC(Cc1ccccc1)(c1ccccc1)c1ccccc1. The van der Waals surface area contributed by atoms with Gasteiger partial charge in [-0.15, -0.1) is 11.6 Å². The highest BCUT2D eigenvalue weighted by molar-refractivity contribution is 6.26. The maximum atomic E-state index is 12.2. The molecule has 0 unspecified atom stereocenters. The second-order valence-corrected chi connectivity index (χ2v) is 6.10. The minimum absolute atomic E-state index is 0.184. The molecule has 3 aromatic carbocycles. The zero-order chi connectivity index (χ0) is 17.5. The molecule has 126 valence electrons. The van der Waals surface area contributed by atoms with Gasteiger partial charge in [-0.05, 0) is 5.56 Å². The summed E-state index contributed by atoms with van der Waals surface area (Å²) in [6, 6.07) is 29.7. The second kappa shape index (κ2) is 8.00. The van der Waals surface area contributed by atoms with E-state index in [1.807, 2.05) is 91.0 Å². The summed E-state index contributed by atoms with van der Waals surface area (Å²) in [5.74, 6) is -0.624. The number of alkyl halides is 1. The molecule has 3 heteroatoms. The predicted molar refractivity (Wildman–Crippen MR) is 101 cm³/mol. The van der Waals surface area contributed by atoms with Gasteiger partial charge >= 0.3 is 5.97 Å². The van der Waals surface area contributed by atoms with E-state index < -0.39 is 11.6 Å². The fourth-order valence-corrected chi connectivity index (χ4v) is 3.10. The smallest absolute Gasteiger partial charge is 0.322 e. The number of esters is 1. The van der Waals surface area contributed by atoms with Gasteiger partial charge < -0.3 is 4.74 Å². The summed E-state index contributed by atoms with van der Waals surface area (Å²) < 4.78 is 5.99. The molecule has 0 aliphatic carbocycles. The molecule has 0 saturated carbocycles. The molecule has 0 N–H and O–H groups in total. The van der Waals surface area contributed by atoms with Gasteiger partial charge in [0.2, 0.25) is 0 Å². The number of halogens is 1. The first kappa shape index (κ1) is 17.2. The lowest BCUT2D eigenvalue weighted by Crippen LogP contribution is -2.36. The monoisotopic (exact) mass is 350 g/mol. The molecule has 0 bridgehead atoms. The van der Waals surface area contributed by atoms with Gasteiger partial charge in [-0.25, -0.2) is 0 Å². The van der Waals surface area contributed by atoms with Crippen molar-refractivity contribution in [3.05, 3.63) is 108 Å². The van der Waals surface area contributed by atoms with E-state index in [9.17, 15) is 4.79 Å². The Morgan fingerprint density at radius 1 is 0.760 bits per heavy atom. The zero-order valence-corrected chi connectivity index (χ0v) is 14.5. The third-order valence-corrected chi connectivity index (χ3v) is 4.39. The highest BCUT2D eigenvalue weighted by Crippen LogP contribution is 2.37. The van der Waals surface area contributed by atoms with Crippen LogP contribution in [0.4, 0.5) is 0 Å². The van der Waals surface area contributed by atoms with Crippen LogP contribution in [0.25, 0.3) is 0 Å². The lowest BCUT2D eigenvalue weighted by atomic mass is 9.81. The van der Waals surface area contributed by atoms with Gasteiger partial charge in [-0.2, -0.15) is 0 Å². The van der Waals surface area contributed by atoms with Crippen LogP contribution in [0.5, 0.6) is 0 Å². The molecule has 25 heavy (non-hydrogen) atoms.